The molecule has 6 heteroatoms. The highest BCUT2D eigenvalue weighted by Gasteiger charge is 2.35. The van der Waals surface area contributed by atoms with Gasteiger partial charge in [0.1, 0.15) is 11.9 Å². The van der Waals surface area contributed by atoms with Gasteiger partial charge in [-0.1, -0.05) is 36.4 Å². The van der Waals surface area contributed by atoms with Crippen LogP contribution in [0.5, 0.6) is 0 Å². The smallest absolute Gasteiger partial charge is 0.325 e. The van der Waals surface area contributed by atoms with Crippen LogP contribution in [-0.2, 0) is 16.0 Å². The van der Waals surface area contributed by atoms with Gasteiger partial charge in [-0.2, -0.15) is 0 Å². The van der Waals surface area contributed by atoms with Gasteiger partial charge in [-0.25, -0.2) is 4.98 Å². The number of carboxylic acids is 1. The summed E-state index contributed by atoms with van der Waals surface area (Å²) in [5.74, 6) is 0.812. The number of pyridine rings is 1. The molecule has 1 aromatic carbocycles. The highest BCUT2D eigenvalue weighted by Crippen LogP contribution is 2.36. The first kappa shape index (κ1) is 21.4. The third-order valence-electron chi connectivity index (χ3n) is 7.28. The van der Waals surface area contributed by atoms with E-state index in [1.807, 2.05) is 30.3 Å². The van der Waals surface area contributed by atoms with Crippen LogP contribution in [-0.4, -0.2) is 52.8 Å². The zero-order chi connectivity index (χ0) is 21.9. The van der Waals surface area contributed by atoms with Gasteiger partial charge in [-0.3, -0.25) is 9.69 Å². The van der Waals surface area contributed by atoms with E-state index in [-0.39, 0.29) is 12.2 Å². The molecule has 2 atom stereocenters. The Labute approximate surface area is 190 Å². The van der Waals surface area contributed by atoms with Crippen molar-refractivity contribution in [3.8, 4) is 0 Å². The lowest BCUT2D eigenvalue weighted by molar-refractivity contribution is -0.143. The number of nitrogens with zero attached hydrogens (tertiary/aromatic N) is 2. The normalized spacial score (nSPS) is 26.8. The summed E-state index contributed by atoms with van der Waals surface area (Å²) in [6, 6.07) is 13.4. The Hall–Kier alpha value is -2.44. The Balaban J connectivity index is 1.14. The second-order valence-corrected chi connectivity index (χ2v) is 9.44. The number of anilines is 1. The number of aliphatic carboxylic acids is 1. The van der Waals surface area contributed by atoms with Crippen LogP contribution in [0.1, 0.15) is 67.3 Å². The fraction of sp³-hybridized carbons (Fsp3) is 0.538. The van der Waals surface area contributed by atoms with Crippen LogP contribution in [0.4, 0.5) is 5.82 Å². The van der Waals surface area contributed by atoms with Gasteiger partial charge in [0.25, 0.3) is 0 Å². The fourth-order valence-electron chi connectivity index (χ4n) is 5.58. The maximum atomic E-state index is 12.0. The Morgan fingerprint density at radius 3 is 2.66 bits per heavy atom. The molecule has 2 N–H and O–H groups in total. The molecule has 3 aliphatic rings. The number of aryl methyl sites for hydroxylation is 1. The number of nitrogens with one attached hydrogen (secondary N) is 1. The molecule has 0 bridgehead atoms. The lowest BCUT2D eigenvalue weighted by atomic mass is 9.84. The molecule has 170 valence electrons. The van der Waals surface area contributed by atoms with E-state index >= 15 is 0 Å². The molecule has 0 radical (unpaired) electrons. The number of hydrogen-bond acceptors (Lipinski definition) is 5. The number of fused-ring (bicyclic) bond motifs is 1. The van der Waals surface area contributed by atoms with E-state index in [0.29, 0.717) is 12.5 Å². The summed E-state index contributed by atoms with van der Waals surface area (Å²) in [6.45, 7) is 2.47. The molecule has 0 spiro atoms. The van der Waals surface area contributed by atoms with Gasteiger partial charge in [-0.15, -0.1) is 0 Å². The van der Waals surface area contributed by atoms with E-state index in [2.05, 4.69) is 22.3 Å². The highest BCUT2D eigenvalue weighted by molar-refractivity contribution is 5.75. The number of carbonyl (C=O) groups is 1. The number of rotatable bonds is 6. The molecule has 2 fully saturated rings. The van der Waals surface area contributed by atoms with Crippen molar-refractivity contribution < 1.29 is 14.6 Å². The van der Waals surface area contributed by atoms with Gasteiger partial charge >= 0.3 is 5.97 Å². The molecular formula is C26H33N3O3. The zero-order valence-corrected chi connectivity index (χ0v) is 18.6. The van der Waals surface area contributed by atoms with Crippen LogP contribution in [0.15, 0.2) is 42.5 Å². The molecule has 2 aliphatic heterocycles. The second kappa shape index (κ2) is 9.59. The molecule has 6 nitrogen and oxygen atoms in total. The molecule has 1 aromatic heterocycles. The Kier molecular flexibility index (Phi) is 6.42. The molecule has 1 saturated carbocycles. The van der Waals surface area contributed by atoms with Crippen molar-refractivity contribution >= 4 is 11.8 Å². The minimum atomic E-state index is -0.788. The number of hydrogen-bond donors (Lipinski definition) is 2. The third kappa shape index (κ3) is 4.66. The topological polar surface area (TPSA) is 74.7 Å². The standard InChI is InChI=1S/C26H33N3O3/c30-26(31)24(19-5-2-1-3-6-19)29-16-14-22(17-29)32-21-11-8-18(9-12-21)23-13-10-20-7-4-15-27-25(20)28-23/h1-3,5-6,10,13,18,21-22,24H,4,7-9,11-12,14-17H2,(H,27,28)(H,30,31). The Bertz CT molecular complexity index is 927. The van der Waals surface area contributed by atoms with Gasteiger partial charge in [-0.05, 0) is 62.1 Å². The van der Waals surface area contributed by atoms with E-state index in [1.54, 1.807) is 0 Å². The Morgan fingerprint density at radius 1 is 1.06 bits per heavy atom. The van der Waals surface area contributed by atoms with Gasteiger partial charge < -0.3 is 15.2 Å². The van der Waals surface area contributed by atoms with Crippen molar-refractivity contribution in [1.29, 1.82) is 0 Å². The van der Waals surface area contributed by atoms with E-state index in [9.17, 15) is 9.90 Å². The first-order valence-electron chi connectivity index (χ1n) is 12.1. The van der Waals surface area contributed by atoms with Crippen LogP contribution in [0.3, 0.4) is 0 Å². The number of likely N-dealkylation sites (tertiary alicyclic amines) is 1. The summed E-state index contributed by atoms with van der Waals surface area (Å²) in [5.41, 5.74) is 3.40. The summed E-state index contributed by atoms with van der Waals surface area (Å²) in [6.07, 6.45) is 7.91. The van der Waals surface area contributed by atoms with Crippen molar-refractivity contribution in [2.45, 2.75) is 69.1 Å². The summed E-state index contributed by atoms with van der Waals surface area (Å²) < 4.78 is 6.46. The minimum Gasteiger partial charge on any atom is -0.480 e. The van der Waals surface area contributed by atoms with Crippen molar-refractivity contribution in [3.63, 3.8) is 0 Å². The molecular weight excluding hydrogens is 402 g/mol. The second-order valence-electron chi connectivity index (χ2n) is 9.44. The fourth-order valence-corrected chi connectivity index (χ4v) is 5.58. The highest BCUT2D eigenvalue weighted by atomic mass is 16.5. The third-order valence-corrected chi connectivity index (χ3v) is 7.28. The average Bonchev–Trinajstić information content (AvgIpc) is 3.27. The van der Waals surface area contributed by atoms with Gasteiger partial charge in [0.15, 0.2) is 0 Å². The lowest BCUT2D eigenvalue weighted by Gasteiger charge is -2.31. The molecule has 0 amide bonds. The van der Waals surface area contributed by atoms with E-state index < -0.39 is 12.0 Å². The first-order chi connectivity index (χ1) is 15.7. The number of carboxylic acid groups (broad SMARTS) is 1. The molecule has 5 rings (SSSR count). The van der Waals surface area contributed by atoms with E-state index in [0.717, 1.165) is 63.0 Å². The van der Waals surface area contributed by atoms with Crippen LogP contribution in [0, 0.1) is 0 Å². The quantitative estimate of drug-likeness (QED) is 0.701. The maximum Gasteiger partial charge on any atom is 0.325 e. The summed E-state index contributed by atoms with van der Waals surface area (Å²) in [5, 5.41) is 13.3. The summed E-state index contributed by atoms with van der Waals surface area (Å²) >= 11 is 0. The van der Waals surface area contributed by atoms with Crippen LogP contribution < -0.4 is 5.32 Å². The first-order valence-corrected chi connectivity index (χ1v) is 12.1. The van der Waals surface area contributed by atoms with Gasteiger partial charge in [0.05, 0.1) is 12.2 Å². The molecule has 2 unspecified atom stereocenters. The number of ether oxygens (including phenoxy) is 1. The van der Waals surface area contributed by atoms with Crippen molar-refractivity contribution in [3.05, 3.63) is 59.3 Å². The van der Waals surface area contributed by atoms with Gasteiger partial charge in [0, 0.05) is 31.2 Å². The molecule has 32 heavy (non-hydrogen) atoms. The van der Waals surface area contributed by atoms with Gasteiger partial charge in [0.2, 0.25) is 0 Å². The van der Waals surface area contributed by atoms with E-state index in [4.69, 9.17) is 9.72 Å². The van der Waals surface area contributed by atoms with Crippen molar-refractivity contribution in [1.82, 2.24) is 9.88 Å². The average molecular weight is 436 g/mol. The summed E-state index contributed by atoms with van der Waals surface area (Å²) in [7, 11) is 0. The molecule has 2 aromatic rings. The lowest BCUT2D eigenvalue weighted by Crippen LogP contribution is -2.34. The molecule has 1 saturated heterocycles. The Morgan fingerprint density at radius 2 is 1.88 bits per heavy atom. The largest absolute Gasteiger partial charge is 0.480 e. The number of benzene rings is 1. The zero-order valence-electron chi connectivity index (χ0n) is 18.6. The predicted molar refractivity (Wildman–Crippen MR) is 124 cm³/mol. The number of aromatic nitrogens is 1. The molecule has 3 heterocycles. The minimum absolute atomic E-state index is 0.119. The van der Waals surface area contributed by atoms with E-state index in [1.165, 1.54) is 17.7 Å². The maximum absolute atomic E-state index is 12.0. The van der Waals surface area contributed by atoms with Crippen LogP contribution in [0.25, 0.3) is 0 Å². The molecule has 1 aliphatic carbocycles. The predicted octanol–water partition coefficient (Wildman–Crippen LogP) is 4.38. The van der Waals surface area contributed by atoms with Crippen LogP contribution >= 0.6 is 0 Å². The van der Waals surface area contributed by atoms with Crippen LogP contribution in [0.2, 0.25) is 0 Å². The monoisotopic (exact) mass is 435 g/mol. The summed E-state index contributed by atoms with van der Waals surface area (Å²) in [4.78, 5) is 18.9. The SMILES string of the molecule is O=C(O)C(c1ccccc1)N1CCC(OC2CCC(c3ccc4c(n3)NCCC4)CC2)C1. The van der Waals surface area contributed by atoms with Crippen molar-refractivity contribution in [2.24, 2.45) is 0 Å². The van der Waals surface area contributed by atoms with Crippen molar-refractivity contribution in [2.75, 3.05) is 25.0 Å².